The predicted octanol–water partition coefficient (Wildman–Crippen LogP) is 1.39. The van der Waals surface area contributed by atoms with E-state index in [1.54, 1.807) is 12.1 Å². The van der Waals surface area contributed by atoms with Crippen LogP contribution in [-0.4, -0.2) is 57.6 Å². The van der Waals surface area contributed by atoms with Gasteiger partial charge in [0.25, 0.3) is 5.91 Å². The van der Waals surface area contributed by atoms with Gasteiger partial charge in [-0.1, -0.05) is 13.3 Å². The number of rotatable bonds is 8. The molecule has 1 saturated heterocycles. The molecule has 1 amide bonds. The van der Waals surface area contributed by atoms with Crippen molar-refractivity contribution in [2.45, 2.75) is 37.6 Å². The van der Waals surface area contributed by atoms with Crippen molar-refractivity contribution < 1.29 is 22.7 Å². The van der Waals surface area contributed by atoms with Gasteiger partial charge in [-0.05, 0) is 37.6 Å². The van der Waals surface area contributed by atoms with Crippen molar-refractivity contribution in [3.63, 3.8) is 0 Å². The summed E-state index contributed by atoms with van der Waals surface area (Å²) in [6, 6.07) is 6.24. The van der Waals surface area contributed by atoms with Gasteiger partial charge in [-0.25, -0.2) is 8.42 Å². The minimum absolute atomic E-state index is 0.0936. The maximum absolute atomic E-state index is 12.5. The largest absolute Gasteiger partial charge is 0.484 e. The van der Waals surface area contributed by atoms with Crippen LogP contribution in [0.1, 0.15) is 26.7 Å². The van der Waals surface area contributed by atoms with Crippen molar-refractivity contribution in [3.05, 3.63) is 24.3 Å². The standard InChI is InChI=1S/C17H26N2O5S/c1-3-4-14(2)18-17(20)13-24-15-5-7-16(8-6-15)25(21,22)19-9-11-23-12-10-19/h5-8,14H,3-4,9-13H2,1-2H3,(H,18,20)/t14-/m1/s1. The number of carbonyl (C=O) groups is 1. The molecule has 140 valence electrons. The molecule has 7 nitrogen and oxygen atoms in total. The summed E-state index contributed by atoms with van der Waals surface area (Å²) in [5, 5.41) is 2.85. The van der Waals surface area contributed by atoms with Gasteiger partial charge in [0.2, 0.25) is 10.0 Å². The summed E-state index contributed by atoms with van der Waals surface area (Å²) in [5.74, 6) is 0.269. The average Bonchev–Trinajstić information content (AvgIpc) is 2.61. The molecule has 0 aromatic heterocycles. The molecule has 1 aromatic carbocycles. The Morgan fingerprint density at radius 1 is 1.28 bits per heavy atom. The Bertz CT molecular complexity index is 654. The van der Waals surface area contributed by atoms with Gasteiger partial charge in [0.1, 0.15) is 5.75 Å². The highest BCUT2D eigenvalue weighted by Gasteiger charge is 2.26. The van der Waals surface area contributed by atoms with Crippen LogP contribution in [-0.2, 0) is 19.6 Å². The van der Waals surface area contributed by atoms with Crippen LogP contribution in [0.2, 0.25) is 0 Å². The summed E-state index contributed by atoms with van der Waals surface area (Å²) in [4.78, 5) is 12.0. The van der Waals surface area contributed by atoms with Crippen LogP contribution in [0.25, 0.3) is 0 Å². The van der Waals surface area contributed by atoms with Crippen LogP contribution in [0.4, 0.5) is 0 Å². The predicted molar refractivity (Wildman–Crippen MR) is 94.0 cm³/mol. The van der Waals surface area contributed by atoms with E-state index in [1.807, 2.05) is 6.92 Å². The molecule has 0 spiro atoms. The van der Waals surface area contributed by atoms with Gasteiger partial charge in [-0.15, -0.1) is 0 Å². The maximum atomic E-state index is 12.5. The Labute approximate surface area is 149 Å². The van der Waals surface area contributed by atoms with Gasteiger partial charge in [0, 0.05) is 19.1 Å². The van der Waals surface area contributed by atoms with Crippen molar-refractivity contribution in [1.29, 1.82) is 0 Å². The molecule has 0 unspecified atom stereocenters. The number of carbonyl (C=O) groups excluding carboxylic acids is 1. The molecule has 1 N–H and O–H groups in total. The van der Waals surface area contributed by atoms with E-state index in [0.717, 1.165) is 12.8 Å². The van der Waals surface area contributed by atoms with Crippen LogP contribution in [0.3, 0.4) is 0 Å². The van der Waals surface area contributed by atoms with E-state index in [9.17, 15) is 13.2 Å². The van der Waals surface area contributed by atoms with Crippen molar-refractivity contribution in [1.82, 2.24) is 9.62 Å². The second-order valence-corrected chi connectivity index (χ2v) is 7.97. The van der Waals surface area contributed by atoms with Crippen molar-refractivity contribution in [3.8, 4) is 5.75 Å². The highest BCUT2D eigenvalue weighted by atomic mass is 32.2. The van der Waals surface area contributed by atoms with E-state index in [1.165, 1.54) is 16.4 Å². The summed E-state index contributed by atoms with van der Waals surface area (Å²) >= 11 is 0. The lowest BCUT2D eigenvalue weighted by Crippen LogP contribution is -2.40. The van der Waals surface area contributed by atoms with E-state index in [2.05, 4.69) is 12.2 Å². The third kappa shape index (κ3) is 5.69. The molecule has 1 atom stereocenters. The Hall–Kier alpha value is -1.64. The fraction of sp³-hybridized carbons (Fsp3) is 0.588. The van der Waals surface area contributed by atoms with Crippen molar-refractivity contribution in [2.75, 3.05) is 32.9 Å². The summed E-state index contributed by atoms with van der Waals surface area (Å²) in [6.07, 6.45) is 1.92. The number of ether oxygens (including phenoxy) is 2. The molecule has 0 radical (unpaired) electrons. The normalized spacial score (nSPS) is 17.0. The Morgan fingerprint density at radius 3 is 2.52 bits per heavy atom. The van der Waals surface area contributed by atoms with E-state index in [-0.39, 0.29) is 23.5 Å². The van der Waals surface area contributed by atoms with E-state index >= 15 is 0 Å². The second-order valence-electron chi connectivity index (χ2n) is 6.03. The molecule has 1 aromatic rings. The van der Waals surface area contributed by atoms with Crippen molar-refractivity contribution in [2.24, 2.45) is 0 Å². The Balaban J connectivity index is 1.90. The average molecular weight is 370 g/mol. The lowest BCUT2D eigenvalue weighted by atomic mass is 10.2. The molecule has 8 heteroatoms. The first-order valence-corrected chi connectivity index (χ1v) is 9.97. The van der Waals surface area contributed by atoms with E-state index in [4.69, 9.17) is 9.47 Å². The first-order chi connectivity index (χ1) is 11.9. The minimum atomic E-state index is -3.51. The van der Waals surface area contributed by atoms with Crippen LogP contribution in [0.5, 0.6) is 5.75 Å². The molecule has 0 bridgehead atoms. The fourth-order valence-corrected chi connectivity index (χ4v) is 4.02. The number of hydrogen-bond acceptors (Lipinski definition) is 5. The molecular formula is C17H26N2O5S. The minimum Gasteiger partial charge on any atom is -0.484 e. The van der Waals surface area contributed by atoms with Gasteiger partial charge >= 0.3 is 0 Å². The fourth-order valence-electron chi connectivity index (χ4n) is 2.61. The lowest BCUT2D eigenvalue weighted by molar-refractivity contribution is -0.123. The van der Waals surface area contributed by atoms with Crippen LogP contribution in [0, 0.1) is 0 Å². The highest BCUT2D eigenvalue weighted by Crippen LogP contribution is 2.20. The first-order valence-electron chi connectivity index (χ1n) is 8.53. The number of morpholine rings is 1. The molecule has 1 heterocycles. The zero-order valence-electron chi connectivity index (χ0n) is 14.7. The maximum Gasteiger partial charge on any atom is 0.258 e. The lowest BCUT2D eigenvalue weighted by Gasteiger charge is -2.26. The number of benzene rings is 1. The number of hydrogen-bond donors (Lipinski definition) is 1. The number of nitrogens with one attached hydrogen (secondary N) is 1. The van der Waals surface area contributed by atoms with Gasteiger partial charge in [-0.3, -0.25) is 4.79 Å². The SMILES string of the molecule is CCC[C@@H](C)NC(=O)COc1ccc(S(=O)(=O)N2CCOCC2)cc1. The smallest absolute Gasteiger partial charge is 0.258 e. The zero-order valence-corrected chi connectivity index (χ0v) is 15.5. The Morgan fingerprint density at radius 2 is 1.92 bits per heavy atom. The number of sulfonamides is 1. The van der Waals surface area contributed by atoms with Gasteiger partial charge in [0.15, 0.2) is 6.61 Å². The molecule has 25 heavy (non-hydrogen) atoms. The number of nitrogens with zero attached hydrogens (tertiary/aromatic N) is 1. The monoisotopic (exact) mass is 370 g/mol. The van der Waals surface area contributed by atoms with E-state index in [0.29, 0.717) is 32.1 Å². The summed E-state index contributed by atoms with van der Waals surface area (Å²) in [7, 11) is -3.51. The first kappa shape index (κ1) is 19.7. The molecular weight excluding hydrogens is 344 g/mol. The summed E-state index contributed by atoms with van der Waals surface area (Å²) in [6.45, 7) is 5.45. The van der Waals surface area contributed by atoms with Gasteiger partial charge in [-0.2, -0.15) is 4.31 Å². The van der Waals surface area contributed by atoms with Crippen LogP contribution < -0.4 is 10.1 Å². The van der Waals surface area contributed by atoms with Crippen LogP contribution >= 0.6 is 0 Å². The van der Waals surface area contributed by atoms with Gasteiger partial charge in [0.05, 0.1) is 18.1 Å². The van der Waals surface area contributed by atoms with Gasteiger partial charge < -0.3 is 14.8 Å². The summed E-state index contributed by atoms with van der Waals surface area (Å²) in [5.41, 5.74) is 0. The van der Waals surface area contributed by atoms with Crippen molar-refractivity contribution >= 4 is 15.9 Å². The topological polar surface area (TPSA) is 84.9 Å². The third-order valence-corrected chi connectivity index (χ3v) is 5.84. The molecule has 0 aliphatic carbocycles. The highest BCUT2D eigenvalue weighted by molar-refractivity contribution is 7.89. The quantitative estimate of drug-likeness (QED) is 0.747. The summed E-state index contributed by atoms with van der Waals surface area (Å²) < 4.78 is 37.0. The van der Waals surface area contributed by atoms with Crippen LogP contribution in [0.15, 0.2) is 29.2 Å². The molecule has 1 aliphatic heterocycles. The molecule has 1 aliphatic rings. The second kappa shape index (κ2) is 9.17. The third-order valence-electron chi connectivity index (χ3n) is 3.93. The van der Waals surface area contributed by atoms with E-state index < -0.39 is 10.0 Å². The Kier molecular flexibility index (Phi) is 7.22. The molecule has 0 saturated carbocycles. The molecule has 1 fully saturated rings. The molecule has 2 rings (SSSR count). The zero-order chi connectivity index (χ0) is 18.3. The number of amides is 1.